The summed E-state index contributed by atoms with van der Waals surface area (Å²) in [6, 6.07) is 14.7. The number of carbonyl (C=O) groups excluding carboxylic acids is 2. The number of allylic oxidation sites excluding steroid dienone is 1. The van der Waals surface area contributed by atoms with Crippen molar-refractivity contribution >= 4 is 17.7 Å². The predicted octanol–water partition coefficient (Wildman–Crippen LogP) is 10.0. The summed E-state index contributed by atoms with van der Waals surface area (Å²) < 4.78 is 20.2. The molecular weight excluding hydrogens is 771 g/mol. The van der Waals surface area contributed by atoms with Crippen LogP contribution in [0.15, 0.2) is 78.0 Å². The minimum absolute atomic E-state index is 0.0334. The summed E-state index contributed by atoms with van der Waals surface area (Å²) in [5, 5.41) is 27.4. The normalized spacial score (nSPS) is 23.3. The molecule has 11 nitrogen and oxygen atoms in total. The Morgan fingerprint density at radius 3 is 2.33 bits per heavy atom. The summed E-state index contributed by atoms with van der Waals surface area (Å²) in [6.07, 6.45) is 19.4. The average molecular weight is 844 g/mol. The summed E-state index contributed by atoms with van der Waals surface area (Å²) in [6.45, 7) is 9.28. The van der Waals surface area contributed by atoms with Gasteiger partial charge in [-0.3, -0.25) is 4.79 Å². The van der Waals surface area contributed by atoms with Crippen LogP contribution >= 0.6 is 0 Å². The number of ether oxygens (including phenoxy) is 3. The van der Waals surface area contributed by atoms with Crippen LogP contribution in [0.4, 0.5) is 4.79 Å². The van der Waals surface area contributed by atoms with Crippen molar-refractivity contribution in [2.24, 2.45) is 22.9 Å². The molecule has 2 aromatic carbocycles. The van der Waals surface area contributed by atoms with Gasteiger partial charge in [0, 0.05) is 51.1 Å². The highest BCUT2D eigenvalue weighted by atomic mass is 16.7. The molecule has 0 aromatic heterocycles. The minimum Gasteiger partial charge on any atom is -0.459 e. The van der Waals surface area contributed by atoms with Crippen LogP contribution in [0.25, 0.3) is 0 Å². The molecule has 0 saturated heterocycles. The van der Waals surface area contributed by atoms with Crippen molar-refractivity contribution in [1.82, 2.24) is 10.2 Å². The van der Waals surface area contributed by atoms with Crippen molar-refractivity contribution in [2.75, 3.05) is 33.5 Å². The lowest BCUT2D eigenvalue weighted by Gasteiger charge is -2.59. The zero-order chi connectivity index (χ0) is 43.5. The third kappa shape index (κ3) is 12.7. The standard InChI is InChI=1S/C50H73N3O8/c1-5-8-9-10-11-12-13-14-18-27-46(56)53(4)45-35-43(52-59-7-3)41-33-38(25-19-21-30-54)40(26-20-22-31-55)47-42-34-39(60-49(57)51-36-37-23-16-15-17-24-37)28-29-44(42)61-50(45,48(41)47)58-32-6-2/h6,15-17,23-24,28-29,33-34,38,40,45,47-48,54-55H,2,5,7-14,18-22,25-27,30-32,35-36H2,1,3-4H3,(H,51,57)/t38-,40+,45-,47+,48+,50+/m0/s1. The lowest BCUT2D eigenvalue weighted by molar-refractivity contribution is -0.255. The number of aliphatic hydroxyl groups is 2. The van der Waals surface area contributed by atoms with Gasteiger partial charge in [0.1, 0.15) is 24.1 Å². The Morgan fingerprint density at radius 2 is 1.64 bits per heavy atom. The van der Waals surface area contributed by atoms with Gasteiger partial charge in [-0.15, -0.1) is 6.58 Å². The average Bonchev–Trinajstić information content (AvgIpc) is 3.27. The third-order valence-electron chi connectivity index (χ3n) is 12.8. The fourth-order valence-electron chi connectivity index (χ4n) is 9.78. The van der Waals surface area contributed by atoms with Crippen LogP contribution in [0.2, 0.25) is 0 Å². The molecular formula is C50H73N3O8. The quantitative estimate of drug-likeness (QED) is 0.0459. The van der Waals surface area contributed by atoms with Crippen LogP contribution in [0.3, 0.4) is 0 Å². The highest BCUT2D eigenvalue weighted by Crippen LogP contribution is 2.61. The van der Waals surface area contributed by atoms with E-state index in [0.29, 0.717) is 50.3 Å². The van der Waals surface area contributed by atoms with E-state index in [-0.39, 0.29) is 43.5 Å². The molecule has 5 rings (SSSR count). The third-order valence-corrected chi connectivity index (χ3v) is 12.8. The monoisotopic (exact) mass is 844 g/mol. The number of aliphatic hydroxyl groups excluding tert-OH is 2. The highest BCUT2D eigenvalue weighted by molar-refractivity contribution is 6.03. The molecule has 0 radical (unpaired) electrons. The zero-order valence-corrected chi connectivity index (χ0v) is 37.2. The molecule has 1 fully saturated rings. The zero-order valence-electron chi connectivity index (χ0n) is 37.2. The number of rotatable bonds is 27. The Morgan fingerprint density at radius 1 is 0.934 bits per heavy atom. The maximum atomic E-state index is 14.3. The van der Waals surface area contributed by atoms with Gasteiger partial charge in [0.25, 0.3) is 0 Å². The van der Waals surface area contributed by atoms with E-state index in [1.165, 1.54) is 38.5 Å². The number of amides is 2. The number of carbonyl (C=O) groups is 2. The van der Waals surface area contributed by atoms with E-state index in [1.54, 1.807) is 12.1 Å². The Balaban J connectivity index is 1.54. The SMILES string of the molecule is C=CCO[C@@]12Oc3ccc(OC(=O)NCc4ccccc4)cc3[C@H]3[C@H](CCCCO)[C@@H](CCCCO)C=C(C(=NOCC)C[C@@H]1N(C)C(=O)CCCCCCCCCCC)[C@H]32. The van der Waals surface area contributed by atoms with Crippen molar-refractivity contribution in [1.29, 1.82) is 0 Å². The molecule has 11 heteroatoms. The number of benzene rings is 2. The predicted molar refractivity (Wildman–Crippen MR) is 241 cm³/mol. The Kier molecular flexibility index (Phi) is 19.7. The Bertz CT molecular complexity index is 1730. The first-order valence-electron chi connectivity index (χ1n) is 23.3. The topological polar surface area (TPSA) is 139 Å². The summed E-state index contributed by atoms with van der Waals surface area (Å²) in [5.74, 6) is -0.756. The number of fused-ring (bicyclic) bond motifs is 2. The smallest absolute Gasteiger partial charge is 0.412 e. The number of likely N-dealkylation sites (N-methyl/N-ethyl adjacent to an activating group) is 1. The summed E-state index contributed by atoms with van der Waals surface area (Å²) in [7, 11) is 1.87. The van der Waals surface area contributed by atoms with Gasteiger partial charge in [0.2, 0.25) is 11.7 Å². The molecule has 0 spiro atoms. The van der Waals surface area contributed by atoms with Crippen LogP contribution in [0.1, 0.15) is 140 Å². The van der Waals surface area contributed by atoms with Gasteiger partial charge in [-0.25, -0.2) is 4.79 Å². The van der Waals surface area contributed by atoms with Crippen molar-refractivity contribution < 1.29 is 38.9 Å². The summed E-state index contributed by atoms with van der Waals surface area (Å²) >= 11 is 0. The number of nitrogens with zero attached hydrogens (tertiary/aromatic N) is 2. The van der Waals surface area contributed by atoms with Crippen LogP contribution in [0, 0.1) is 17.8 Å². The van der Waals surface area contributed by atoms with E-state index >= 15 is 0 Å². The number of unbranched alkanes of at least 4 members (excludes halogenated alkanes) is 10. The van der Waals surface area contributed by atoms with E-state index < -0.39 is 23.8 Å². The second kappa shape index (κ2) is 25.1. The molecule has 1 aliphatic heterocycles. The highest BCUT2D eigenvalue weighted by Gasteiger charge is 2.65. The van der Waals surface area contributed by atoms with E-state index in [4.69, 9.17) is 24.2 Å². The lowest BCUT2D eigenvalue weighted by atomic mass is 9.55. The van der Waals surface area contributed by atoms with Crippen LogP contribution in [-0.4, -0.2) is 78.1 Å². The maximum Gasteiger partial charge on any atom is 0.412 e. The van der Waals surface area contributed by atoms with Gasteiger partial charge >= 0.3 is 6.09 Å². The molecule has 0 unspecified atom stereocenters. The lowest BCUT2D eigenvalue weighted by Crippen LogP contribution is -2.69. The molecule has 2 amide bonds. The molecule has 336 valence electrons. The van der Waals surface area contributed by atoms with Gasteiger partial charge in [-0.2, -0.15) is 0 Å². The van der Waals surface area contributed by atoms with Gasteiger partial charge < -0.3 is 39.5 Å². The summed E-state index contributed by atoms with van der Waals surface area (Å²) in [5.41, 5.74) is 3.59. The van der Waals surface area contributed by atoms with Crippen molar-refractivity contribution in [3.8, 4) is 11.5 Å². The first-order valence-corrected chi connectivity index (χ1v) is 23.3. The first kappa shape index (κ1) is 47.9. The fourth-order valence-corrected chi connectivity index (χ4v) is 9.78. The molecule has 0 bridgehead atoms. The Hall–Kier alpha value is -4.19. The van der Waals surface area contributed by atoms with Crippen molar-refractivity contribution in [2.45, 2.75) is 147 Å². The first-order chi connectivity index (χ1) is 29.8. The molecule has 3 aliphatic rings. The van der Waals surface area contributed by atoms with Gasteiger partial charge in [0.05, 0.1) is 18.2 Å². The molecule has 6 atom stereocenters. The van der Waals surface area contributed by atoms with Crippen LogP contribution < -0.4 is 14.8 Å². The molecule has 2 aromatic rings. The van der Waals surface area contributed by atoms with Gasteiger partial charge in [-0.05, 0) is 80.2 Å². The molecule has 1 heterocycles. The molecule has 61 heavy (non-hydrogen) atoms. The number of oxime groups is 1. The second-order valence-corrected chi connectivity index (χ2v) is 17.0. The number of hydrogen-bond donors (Lipinski definition) is 3. The van der Waals surface area contributed by atoms with E-state index in [0.717, 1.165) is 67.4 Å². The summed E-state index contributed by atoms with van der Waals surface area (Å²) in [4.78, 5) is 35.1. The molecule has 3 N–H and O–H groups in total. The van der Waals surface area contributed by atoms with Crippen molar-refractivity contribution in [3.05, 3.63) is 84.0 Å². The fraction of sp³-hybridized carbons (Fsp3) is 0.620. The van der Waals surface area contributed by atoms with Gasteiger partial charge in [0.15, 0.2) is 0 Å². The van der Waals surface area contributed by atoms with E-state index in [2.05, 4.69) is 24.9 Å². The number of nitrogens with one attached hydrogen (secondary N) is 1. The van der Waals surface area contributed by atoms with Crippen LogP contribution in [-0.2, 0) is 20.9 Å². The maximum absolute atomic E-state index is 14.3. The van der Waals surface area contributed by atoms with E-state index in [1.807, 2.05) is 61.3 Å². The minimum atomic E-state index is -1.31. The molecule has 1 saturated carbocycles. The van der Waals surface area contributed by atoms with Crippen LogP contribution in [0.5, 0.6) is 11.5 Å². The largest absolute Gasteiger partial charge is 0.459 e. The number of hydrogen-bond acceptors (Lipinski definition) is 9. The second-order valence-electron chi connectivity index (χ2n) is 17.0. The Labute approximate surface area is 364 Å². The van der Waals surface area contributed by atoms with Crippen molar-refractivity contribution in [3.63, 3.8) is 0 Å². The molecule has 2 aliphatic carbocycles. The van der Waals surface area contributed by atoms with Gasteiger partial charge in [-0.1, -0.05) is 119 Å². The van der Waals surface area contributed by atoms with E-state index in [9.17, 15) is 19.8 Å².